The summed E-state index contributed by atoms with van der Waals surface area (Å²) in [6.07, 6.45) is -3.86. The van der Waals surface area contributed by atoms with E-state index in [4.69, 9.17) is 0 Å². The number of sulfone groups is 1. The summed E-state index contributed by atoms with van der Waals surface area (Å²) in [7, 11) is -3.70. The molecule has 0 bridgehead atoms. The van der Waals surface area contributed by atoms with Crippen molar-refractivity contribution in [3.63, 3.8) is 0 Å². The van der Waals surface area contributed by atoms with E-state index in [1.165, 1.54) is 0 Å². The monoisotopic (exact) mass is 266 g/mol. The lowest BCUT2D eigenvalue weighted by Gasteiger charge is -2.06. The van der Waals surface area contributed by atoms with E-state index < -0.39 is 33.0 Å². The van der Waals surface area contributed by atoms with Gasteiger partial charge in [-0.05, 0) is 24.1 Å². The molecule has 1 aromatic rings. The van der Waals surface area contributed by atoms with Gasteiger partial charge in [0.05, 0.1) is 17.4 Å². The maximum atomic E-state index is 13.1. The third-order valence-corrected chi connectivity index (χ3v) is 2.14. The molecule has 0 N–H and O–H groups in total. The first-order valence-corrected chi connectivity index (χ1v) is 6.08. The van der Waals surface area contributed by atoms with Crippen LogP contribution in [0.5, 0.6) is 0 Å². The summed E-state index contributed by atoms with van der Waals surface area (Å²) in [6, 6.07) is 1.61. The molecule has 17 heavy (non-hydrogen) atoms. The molecule has 0 aromatic heterocycles. The van der Waals surface area contributed by atoms with Crippen LogP contribution >= 0.6 is 0 Å². The first kappa shape index (κ1) is 13.5. The molecule has 1 rings (SSSR count). The average molecular weight is 266 g/mol. The molecule has 0 fully saturated rings. The van der Waals surface area contributed by atoms with E-state index in [2.05, 4.69) is 0 Å². The predicted octanol–water partition coefficient (Wildman–Crippen LogP) is 2.20. The van der Waals surface area contributed by atoms with Crippen molar-refractivity contribution in [1.82, 2.24) is 0 Å². The average Bonchev–Trinajstić information content (AvgIpc) is 2.13. The molecule has 0 aliphatic carbocycles. The van der Waals surface area contributed by atoms with E-state index in [0.717, 1.165) is 6.26 Å². The van der Waals surface area contributed by atoms with Gasteiger partial charge in [0.1, 0.15) is 5.82 Å². The van der Waals surface area contributed by atoms with Gasteiger partial charge < -0.3 is 0 Å². The first-order valence-electron chi connectivity index (χ1n) is 4.19. The molecule has 0 saturated heterocycles. The minimum Gasteiger partial charge on any atom is -0.216 e. The van der Waals surface area contributed by atoms with E-state index in [1.807, 2.05) is 5.92 Å². The maximum Gasteiger partial charge on any atom is 0.416 e. The second kappa shape index (κ2) is 4.37. The van der Waals surface area contributed by atoms with E-state index in [-0.39, 0.29) is 0 Å². The van der Waals surface area contributed by atoms with Crippen LogP contribution in [-0.2, 0) is 16.0 Å². The Bertz CT molecular complexity index is 591. The molecule has 2 nitrogen and oxygen atoms in total. The number of benzene rings is 1. The zero-order valence-electron chi connectivity index (χ0n) is 8.47. The van der Waals surface area contributed by atoms with E-state index in [9.17, 15) is 26.0 Å². The largest absolute Gasteiger partial charge is 0.416 e. The predicted molar refractivity (Wildman–Crippen MR) is 53.1 cm³/mol. The summed E-state index contributed by atoms with van der Waals surface area (Å²) in [5.74, 6) is 0.847. The molecule has 0 saturated carbocycles. The third kappa shape index (κ3) is 4.07. The minimum atomic E-state index is -4.63. The van der Waals surface area contributed by atoms with Gasteiger partial charge in [-0.1, -0.05) is 0 Å². The molecular weight excluding hydrogens is 260 g/mol. The highest BCUT2D eigenvalue weighted by molar-refractivity contribution is 7.95. The molecule has 0 aliphatic rings. The lowest BCUT2D eigenvalue weighted by atomic mass is 10.1. The molecule has 0 amide bonds. The van der Waals surface area contributed by atoms with Crippen molar-refractivity contribution in [3.8, 4) is 11.2 Å². The zero-order chi connectivity index (χ0) is 13.3. The van der Waals surface area contributed by atoms with Gasteiger partial charge in [-0.2, -0.15) is 13.2 Å². The minimum absolute atomic E-state index is 0.466. The fraction of sp³-hybridized carbons (Fsp3) is 0.200. The Balaban J connectivity index is 3.29. The molecule has 1 aromatic carbocycles. The SMILES string of the molecule is CS(=O)(=O)C#Cc1cc(C(F)(F)F)ccc1F. The van der Waals surface area contributed by atoms with Crippen molar-refractivity contribution in [3.05, 3.63) is 35.1 Å². The highest BCUT2D eigenvalue weighted by Crippen LogP contribution is 2.30. The van der Waals surface area contributed by atoms with Crippen LogP contribution in [0.1, 0.15) is 11.1 Å². The molecular formula is C10H6F4O2S. The van der Waals surface area contributed by atoms with E-state index in [0.29, 0.717) is 18.2 Å². The smallest absolute Gasteiger partial charge is 0.216 e. The summed E-state index contributed by atoms with van der Waals surface area (Å²) >= 11 is 0. The van der Waals surface area contributed by atoms with Gasteiger partial charge in [0.25, 0.3) is 0 Å². The van der Waals surface area contributed by atoms with Crippen molar-refractivity contribution >= 4 is 9.84 Å². The zero-order valence-corrected chi connectivity index (χ0v) is 9.29. The van der Waals surface area contributed by atoms with Gasteiger partial charge in [-0.25, -0.2) is 12.8 Å². The summed E-state index contributed by atoms with van der Waals surface area (Å²) in [4.78, 5) is 0. The van der Waals surface area contributed by atoms with E-state index in [1.54, 1.807) is 5.25 Å². The third-order valence-electron chi connectivity index (χ3n) is 1.66. The van der Waals surface area contributed by atoms with Crippen LogP contribution in [0.2, 0.25) is 0 Å². The second-order valence-electron chi connectivity index (χ2n) is 3.19. The first-order chi connectivity index (χ1) is 7.59. The number of halogens is 4. The van der Waals surface area contributed by atoms with Crippen LogP contribution in [0.25, 0.3) is 0 Å². The maximum absolute atomic E-state index is 13.1. The molecule has 0 radical (unpaired) electrons. The van der Waals surface area contributed by atoms with Crippen molar-refractivity contribution in [2.75, 3.05) is 6.26 Å². The fourth-order valence-electron chi connectivity index (χ4n) is 0.945. The van der Waals surface area contributed by atoms with Crippen molar-refractivity contribution in [2.24, 2.45) is 0 Å². The summed E-state index contributed by atoms with van der Waals surface area (Å²) in [5, 5.41) is 1.67. The number of hydrogen-bond acceptors (Lipinski definition) is 2. The number of rotatable bonds is 0. The lowest BCUT2D eigenvalue weighted by Crippen LogP contribution is -2.05. The molecule has 0 aliphatic heterocycles. The Hall–Kier alpha value is -1.55. The Kier molecular flexibility index (Phi) is 3.48. The highest BCUT2D eigenvalue weighted by Gasteiger charge is 2.30. The standard InChI is InChI=1S/C10H6F4O2S/c1-17(15,16)5-4-7-6-8(10(12,13)14)2-3-9(7)11/h2-3,6H,1H3. The lowest BCUT2D eigenvalue weighted by molar-refractivity contribution is -0.137. The fourth-order valence-corrected chi connectivity index (χ4v) is 1.24. The van der Waals surface area contributed by atoms with Gasteiger partial charge in [0.15, 0.2) is 0 Å². The van der Waals surface area contributed by atoms with Crippen molar-refractivity contribution in [1.29, 1.82) is 0 Å². The molecule has 0 spiro atoms. The van der Waals surface area contributed by atoms with Crippen LogP contribution in [0, 0.1) is 17.0 Å². The number of hydrogen-bond donors (Lipinski definition) is 0. The Morgan fingerprint density at radius 2 is 1.82 bits per heavy atom. The quantitative estimate of drug-likeness (QED) is 0.533. The van der Waals surface area contributed by atoms with Crippen molar-refractivity contribution < 1.29 is 26.0 Å². The molecule has 0 atom stereocenters. The topological polar surface area (TPSA) is 34.1 Å². The highest BCUT2D eigenvalue weighted by atomic mass is 32.2. The summed E-state index contributed by atoms with van der Waals surface area (Å²) in [6.45, 7) is 0. The van der Waals surface area contributed by atoms with Crippen LogP contribution < -0.4 is 0 Å². The Morgan fingerprint density at radius 1 is 1.24 bits per heavy atom. The van der Waals surface area contributed by atoms with Gasteiger partial charge in [-0.15, -0.1) is 0 Å². The van der Waals surface area contributed by atoms with Gasteiger partial charge in [-0.3, -0.25) is 0 Å². The molecule has 92 valence electrons. The summed E-state index contributed by atoms with van der Waals surface area (Å²) in [5.41, 5.74) is -1.69. The second-order valence-corrected chi connectivity index (χ2v) is 4.94. The van der Waals surface area contributed by atoms with Crippen LogP contribution in [-0.4, -0.2) is 14.7 Å². The Labute approximate surface area is 95.2 Å². The van der Waals surface area contributed by atoms with Crippen LogP contribution in [0.15, 0.2) is 18.2 Å². The molecule has 0 heterocycles. The van der Waals surface area contributed by atoms with Crippen LogP contribution in [0.3, 0.4) is 0 Å². The van der Waals surface area contributed by atoms with Gasteiger partial charge >= 0.3 is 6.18 Å². The summed E-state index contributed by atoms with van der Waals surface area (Å²) < 4.78 is 71.3. The Morgan fingerprint density at radius 3 is 2.29 bits per heavy atom. The number of alkyl halides is 3. The van der Waals surface area contributed by atoms with Crippen molar-refractivity contribution in [2.45, 2.75) is 6.18 Å². The normalized spacial score (nSPS) is 11.8. The van der Waals surface area contributed by atoms with Gasteiger partial charge in [0, 0.05) is 5.25 Å². The van der Waals surface area contributed by atoms with E-state index >= 15 is 0 Å². The molecule has 0 unspecified atom stereocenters. The molecule has 7 heteroatoms. The van der Waals surface area contributed by atoms with Crippen LogP contribution in [0.4, 0.5) is 17.6 Å². The van der Waals surface area contributed by atoms with Gasteiger partial charge in [0.2, 0.25) is 9.84 Å².